The molecule has 0 aromatic carbocycles. The second-order valence-electron chi connectivity index (χ2n) is 4.39. The van der Waals surface area contributed by atoms with Gasteiger partial charge in [0.2, 0.25) is 10.0 Å². The van der Waals surface area contributed by atoms with Crippen LogP contribution in [-0.4, -0.2) is 60.4 Å². The zero-order valence-corrected chi connectivity index (χ0v) is 10.5. The second-order valence-corrected chi connectivity index (χ2v) is 6.14. The van der Waals surface area contributed by atoms with Gasteiger partial charge in [-0.1, -0.05) is 0 Å². The molecule has 2 aliphatic rings. The van der Waals surface area contributed by atoms with Crippen molar-refractivity contribution in [2.75, 3.05) is 12.8 Å². The molecular weight excluding hydrogens is 264 g/mol. The van der Waals surface area contributed by atoms with Crippen LogP contribution in [-0.2, 0) is 14.8 Å². The van der Waals surface area contributed by atoms with Crippen molar-refractivity contribution in [2.45, 2.75) is 24.9 Å². The second kappa shape index (κ2) is 4.37. The topological polar surface area (TPSA) is 119 Å². The number of hydrogen-bond acceptors (Lipinski definition) is 5. The maximum absolute atomic E-state index is 11.8. The first-order chi connectivity index (χ1) is 8.29. The fourth-order valence-electron chi connectivity index (χ4n) is 2.15. The predicted molar refractivity (Wildman–Crippen MR) is 58.7 cm³/mol. The molecule has 0 unspecified atom stereocenters. The number of rotatable bonds is 3. The summed E-state index contributed by atoms with van der Waals surface area (Å²) >= 11 is 0. The number of sulfonamides is 1. The van der Waals surface area contributed by atoms with Crippen LogP contribution in [0.25, 0.3) is 0 Å². The lowest BCUT2D eigenvalue weighted by molar-refractivity contribution is -0.126. The summed E-state index contributed by atoms with van der Waals surface area (Å²) in [6.07, 6.45) is 1.78. The third-order valence-corrected chi connectivity index (χ3v) is 3.48. The van der Waals surface area contributed by atoms with E-state index in [4.69, 9.17) is 0 Å². The van der Waals surface area contributed by atoms with Crippen molar-refractivity contribution >= 4 is 22.0 Å². The number of hydrogen-bond donors (Lipinski definition) is 3. The van der Waals surface area contributed by atoms with Gasteiger partial charge in [-0.25, -0.2) is 18.3 Å². The largest absolute Gasteiger partial charge is 0.344 e. The molecule has 2 atom stereocenters. The van der Waals surface area contributed by atoms with Crippen molar-refractivity contribution in [3.8, 4) is 0 Å². The van der Waals surface area contributed by atoms with Crippen molar-refractivity contribution in [3.63, 3.8) is 0 Å². The Morgan fingerprint density at radius 1 is 1.44 bits per heavy atom. The maximum atomic E-state index is 11.8. The lowest BCUT2D eigenvalue weighted by Crippen LogP contribution is -2.53. The van der Waals surface area contributed by atoms with Crippen LogP contribution in [0.4, 0.5) is 4.79 Å². The van der Waals surface area contributed by atoms with E-state index in [2.05, 4.69) is 0 Å². The van der Waals surface area contributed by atoms with Gasteiger partial charge in [-0.15, -0.1) is 4.83 Å². The minimum absolute atomic E-state index is 0.270. The van der Waals surface area contributed by atoms with Gasteiger partial charge in [-0.05, 0) is 12.8 Å². The van der Waals surface area contributed by atoms with Crippen LogP contribution in [0.15, 0.2) is 0 Å². The molecule has 0 saturated carbocycles. The Bertz CT molecular complexity index is 478. The molecule has 9 nitrogen and oxygen atoms in total. The number of hydroxylamine groups is 2. The van der Waals surface area contributed by atoms with Gasteiger partial charge in [-0.3, -0.25) is 15.4 Å². The first-order valence-electron chi connectivity index (χ1n) is 5.35. The van der Waals surface area contributed by atoms with E-state index in [1.54, 1.807) is 0 Å². The standard InChI is InChI=1S/C8H14N4O5S/c1-18(16,17)10-9-7(13)6-3-2-5-4-11(6)8(14)12(5)15/h5-6,10,15H,2-4H2,1H3,(H,9,13)/t5-,6-/m1/s1. The van der Waals surface area contributed by atoms with Gasteiger partial charge in [0, 0.05) is 6.54 Å². The first kappa shape index (κ1) is 13.1. The fourth-order valence-corrected chi connectivity index (χ4v) is 2.44. The Morgan fingerprint density at radius 3 is 2.72 bits per heavy atom. The SMILES string of the molecule is CS(=O)(=O)NNC(=O)[C@H]1CC[C@@H]2CN1C(=O)N2O. The molecule has 0 aromatic heterocycles. The molecule has 2 rings (SSSR count). The van der Waals surface area contributed by atoms with Crippen LogP contribution in [0.1, 0.15) is 12.8 Å². The van der Waals surface area contributed by atoms with Crippen molar-refractivity contribution in [2.24, 2.45) is 0 Å². The molecule has 2 bridgehead atoms. The van der Waals surface area contributed by atoms with Crippen LogP contribution in [0.2, 0.25) is 0 Å². The summed E-state index contributed by atoms with van der Waals surface area (Å²) in [7, 11) is -3.54. The van der Waals surface area contributed by atoms with E-state index in [1.807, 2.05) is 10.3 Å². The van der Waals surface area contributed by atoms with Crippen LogP contribution in [0, 0.1) is 0 Å². The van der Waals surface area contributed by atoms with Crippen LogP contribution in [0.5, 0.6) is 0 Å². The molecule has 2 heterocycles. The van der Waals surface area contributed by atoms with Gasteiger partial charge >= 0.3 is 6.03 Å². The molecule has 10 heteroatoms. The monoisotopic (exact) mass is 278 g/mol. The van der Waals surface area contributed by atoms with E-state index < -0.39 is 28.0 Å². The highest BCUT2D eigenvalue weighted by Crippen LogP contribution is 2.28. The molecule has 0 spiro atoms. The summed E-state index contributed by atoms with van der Waals surface area (Å²) < 4.78 is 21.7. The number of piperidine rings is 1. The molecule has 2 saturated heterocycles. The van der Waals surface area contributed by atoms with Crippen molar-refractivity contribution in [3.05, 3.63) is 0 Å². The Balaban J connectivity index is 2.02. The van der Waals surface area contributed by atoms with Gasteiger partial charge in [0.05, 0.1) is 12.3 Å². The minimum atomic E-state index is -3.54. The van der Waals surface area contributed by atoms with E-state index >= 15 is 0 Å². The number of carbonyl (C=O) groups is 2. The van der Waals surface area contributed by atoms with Crippen molar-refractivity contribution in [1.29, 1.82) is 0 Å². The number of carbonyl (C=O) groups excluding carboxylic acids is 2. The zero-order valence-electron chi connectivity index (χ0n) is 9.66. The number of nitrogens with zero attached hydrogens (tertiary/aromatic N) is 2. The van der Waals surface area contributed by atoms with Gasteiger partial charge in [0.25, 0.3) is 5.91 Å². The number of hydrazine groups is 1. The molecule has 3 amide bonds. The summed E-state index contributed by atoms with van der Waals surface area (Å²) in [4.78, 5) is 26.4. The van der Waals surface area contributed by atoms with Gasteiger partial charge < -0.3 is 4.90 Å². The smallest absolute Gasteiger partial charge is 0.309 e. The Kier molecular flexibility index (Phi) is 3.17. The molecule has 0 aromatic rings. The predicted octanol–water partition coefficient (Wildman–Crippen LogP) is -1.78. The highest BCUT2D eigenvalue weighted by Gasteiger charge is 2.46. The maximum Gasteiger partial charge on any atom is 0.344 e. The van der Waals surface area contributed by atoms with Gasteiger partial charge in [0.15, 0.2) is 0 Å². The van der Waals surface area contributed by atoms with E-state index in [0.29, 0.717) is 17.9 Å². The van der Waals surface area contributed by atoms with Gasteiger partial charge in [-0.2, -0.15) is 0 Å². The summed E-state index contributed by atoms with van der Waals surface area (Å²) in [5.74, 6) is -0.609. The number of urea groups is 1. The molecule has 18 heavy (non-hydrogen) atoms. The molecule has 2 aliphatic heterocycles. The summed E-state index contributed by atoms with van der Waals surface area (Å²) in [5, 5.41) is 10.0. The van der Waals surface area contributed by atoms with E-state index in [-0.39, 0.29) is 12.6 Å². The minimum Gasteiger partial charge on any atom is -0.309 e. The number of fused-ring (bicyclic) bond motifs is 2. The molecule has 0 aliphatic carbocycles. The first-order valence-corrected chi connectivity index (χ1v) is 7.24. The lowest BCUT2D eigenvalue weighted by Gasteiger charge is -2.28. The van der Waals surface area contributed by atoms with Crippen LogP contribution in [0.3, 0.4) is 0 Å². The third kappa shape index (κ3) is 2.40. The van der Waals surface area contributed by atoms with E-state index in [1.165, 1.54) is 4.90 Å². The number of nitrogens with one attached hydrogen (secondary N) is 2. The van der Waals surface area contributed by atoms with Crippen LogP contribution < -0.4 is 10.3 Å². The zero-order chi connectivity index (χ0) is 13.5. The molecule has 0 radical (unpaired) electrons. The van der Waals surface area contributed by atoms with Crippen LogP contribution >= 0.6 is 0 Å². The number of amides is 3. The van der Waals surface area contributed by atoms with Crippen molar-refractivity contribution in [1.82, 2.24) is 20.2 Å². The Labute approximate surface area is 104 Å². The Hall–Kier alpha value is -1.39. The Morgan fingerprint density at radius 2 is 2.11 bits per heavy atom. The average molecular weight is 278 g/mol. The highest BCUT2D eigenvalue weighted by atomic mass is 32.2. The fraction of sp³-hybridized carbons (Fsp3) is 0.750. The quantitative estimate of drug-likeness (QED) is 0.417. The van der Waals surface area contributed by atoms with E-state index in [9.17, 15) is 23.2 Å². The molecular formula is C8H14N4O5S. The van der Waals surface area contributed by atoms with E-state index in [0.717, 1.165) is 6.26 Å². The molecule has 102 valence electrons. The third-order valence-electron chi connectivity index (χ3n) is 3.01. The normalized spacial score (nSPS) is 27.6. The lowest BCUT2D eigenvalue weighted by atomic mass is 10.0. The summed E-state index contributed by atoms with van der Waals surface area (Å²) in [6.45, 7) is 0.270. The van der Waals surface area contributed by atoms with Crippen molar-refractivity contribution < 1.29 is 23.2 Å². The highest BCUT2D eigenvalue weighted by molar-refractivity contribution is 7.88. The van der Waals surface area contributed by atoms with Gasteiger partial charge in [0.1, 0.15) is 6.04 Å². The molecule has 2 fully saturated rings. The summed E-state index contributed by atoms with van der Waals surface area (Å²) in [5.41, 5.74) is 2.04. The average Bonchev–Trinajstić information content (AvgIpc) is 2.51. The molecule has 3 N–H and O–H groups in total. The summed E-state index contributed by atoms with van der Waals surface area (Å²) in [6, 6.07) is -1.68.